The Balaban J connectivity index is 1.41. The van der Waals surface area contributed by atoms with Gasteiger partial charge < -0.3 is 9.80 Å². The zero-order valence-electron chi connectivity index (χ0n) is 37.6. The Bertz CT molecular complexity index is 2460. The van der Waals surface area contributed by atoms with Crippen LogP contribution in [0.3, 0.4) is 0 Å². The second-order valence-electron chi connectivity index (χ2n) is 22.9. The highest BCUT2D eigenvalue weighted by molar-refractivity contribution is 7.20. The average Bonchev–Trinajstić information content (AvgIpc) is 3.54. The molecule has 0 N–H and O–H groups in total. The van der Waals surface area contributed by atoms with Crippen molar-refractivity contribution >= 4 is 67.9 Å². The fraction of sp³-hybridized carbons (Fsp3) is 0.472. The van der Waals surface area contributed by atoms with E-state index >= 15 is 0 Å². The summed E-state index contributed by atoms with van der Waals surface area (Å²) in [5.41, 5.74) is 20.2. The minimum absolute atomic E-state index is 0.0210. The number of thiophene rings is 1. The fourth-order valence-electron chi connectivity index (χ4n) is 10.8. The smallest absolute Gasteiger partial charge is 0.253 e. The molecule has 4 aliphatic rings. The molecule has 5 aromatic rings. The molecule has 2 nitrogen and oxygen atoms in total. The van der Waals surface area contributed by atoms with Crippen molar-refractivity contribution in [2.24, 2.45) is 0 Å². The third-order valence-electron chi connectivity index (χ3n) is 14.7. The molecule has 0 atom stereocenters. The van der Waals surface area contributed by atoms with E-state index in [4.69, 9.17) is 0 Å². The van der Waals surface area contributed by atoms with Gasteiger partial charge >= 0.3 is 0 Å². The monoisotopic (exact) mass is 772 g/mol. The molecule has 0 unspecified atom stereocenters. The van der Waals surface area contributed by atoms with Crippen molar-refractivity contribution in [1.82, 2.24) is 0 Å². The van der Waals surface area contributed by atoms with Crippen LogP contribution >= 0.6 is 11.3 Å². The van der Waals surface area contributed by atoms with Gasteiger partial charge in [-0.05, 0) is 157 Å². The van der Waals surface area contributed by atoms with Crippen LogP contribution in [0.4, 0.5) is 33.4 Å². The van der Waals surface area contributed by atoms with E-state index in [1.54, 1.807) is 15.9 Å². The van der Waals surface area contributed by atoms with E-state index in [9.17, 15) is 0 Å². The number of aryl methyl sites for hydroxylation is 1. The van der Waals surface area contributed by atoms with Crippen LogP contribution in [0.2, 0.25) is 0 Å². The normalized spacial score (nSPS) is 19.7. The predicted octanol–water partition coefficient (Wildman–Crippen LogP) is 13.4. The summed E-state index contributed by atoms with van der Waals surface area (Å²) in [6, 6.07) is 29.5. The summed E-state index contributed by atoms with van der Waals surface area (Å²) in [6.07, 6.45) is 4.83. The molecule has 57 heavy (non-hydrogen) atoms. The van der Waals surface area contributed by atoms with Crippen molar-refractivity contribution in [3.8, 4) is 0 Å². The van der Waals surface area contributed by atoms with Crippen LogP contribution < -0.4 is 26.2 Å². The molecule has 2 aliphatic carbocycles. The van der Waals surface area contributed by atoms with Crippen molar-refractivity contribution in [3.63, 3.8) is 0 Å². The molecule has 296 valence electrons. The van der Waals surface area contributed by atoms with E-state index in [1.807, 2.05) is 0 Å². The van der Waals surface area contributed by atoms with E-state index in [1.165, 1.54) is 97.9 Å². The van der Waals surface area contributed by atoms with Crippen LogP contribution in [0, 0.1) is 6.92 Å². The highest BCUT2D eigenvalue weighted by Crippen LogP contribution is 2.56. The zero-order chi connectivity index (χ0) is 41.0. The van der Waals surface area contributed by atoms with Crippen LogP contribution in [-0.2, 0) is 32.5 Å². The van der Waals surface area contributed by atoms with Gasteiger partial charge in [0, 0.05) is 33.3 Å². The van der Waals surface area contributed by atoms with Crippen LogP contribution in [0.15, 0.2) is 72.8 Å². The Morgan fingerprint density at radius 1 is 0.526 bits per heavy atom. The molecule has 3 heterocycles. The van der Waals surface area contributed by atoms with Gasteiger partial charge in [-0.2, -0.15) is 0 Å². The van der Waals surface area contributed by atoms with Gasteiger partial charge in [-0.1, -0.05) is 127 Å². The quantitative estimate of drug-likeness (QED) is 0.162. The number of rotatable bonds is 2. The third-order valence-corrected chi connectivity index (χ3v) is 16.2. The highest BCUT2D eigenvalue weighted by atomic mass is 32.1. The molecule has 2 aliphatic heterocycles. The molecule has 0 fully saturated rings. The van der Waals surface area contributed by atoms with Crippen molar-refractivity contribution < 1.29 is 0 Å². The summed E-state index contributed by atoms with van der Waals surface area (Å²) in [4.78, 5) is 6.92. The van der Waals surface area contributed by atoms with Crippen molar-refractivity contribution in [2.45, 2.75) is 162 Å². The first-order chi connectivity index (χ1) is 26.4. The van der Waals surface area contributed by atoms with E-state index in [2.05, 4.69) is 198 Å². The lowest BCUT2D eigenvalue weighted by molar-refractivity contribution is 0.332. The lowest BCUT2D eigenvalue weighted by atomic mass is 9.32. The Morgan fingerprint density at radius 3 is 1.70 bits per heavy atom. The van der Waals surface area contributed by atoms with Gasteiger partial charge in [0.15, 0.2) is 0 Å². The van der Waals surface area contributed by atoms with E-state index in [0.29, 0.717) is 0 Å². The minimum Gasteiger partial charge on any atom is -0.311 e. The number of anilines is 6. The molecule has 0 bridgehead atoms. The van der Waals surface area contributed by atoms with Crippen LogP contribution in [0.25, 0.3) is 0 Å². The average molecular weight is 773 g/mol. The van der Waals surface area contributed by atoms with Gasteiger partial charge in [-0.25, -0.2) is 0 Å². The number of hydrogen-bond acceptors (Lipinski definition) is 3. The predicted molar refractivity (Wildman–Crippen MR) is 251 cm³/mol. The second-order valence-corrected chi connectivity index (χ2v) is 23.9. The van der Waals surface area contributed by atoms with Crippen molar-refractivity contribution in [2.75, 3.05) is 9.80 Å². The molecule has 1 aromatic heterocycles. The van der Waals surface area contributed by atoms with E-state index < -0.39 is 0 Å². The summed E-state index contributed by atoms with van der Waals surface area (Å²) in [5.74, 6) is 0. The Morgan fingerprint density at radius 2 is 1.07 bits per heavy atom. The molecule has 0 saturated heterocycles. The summed E-state index contributed by atoms with van der Waals surface area (Å²) >= 11 is 2.10. The number of nitrogens with zero attached hydrogens (tertiary/aromatic N) is 2. The van der Waals surface area contributed by atoms with Crippen molar-refractivity contribution in [3.05, 3.63) is 111 Å². The second kappa shape index (κ2) is 12.2. The summed E-state index contributed by atoms with van der Waals surface area (Å²) in [6.45, 7) is 36.4. The summed E-state index contributed by atoms with van der Waals surface area (Å²) < 4.78 is 0. The lowest BCUT2D eigenvalue weighted by Crippen LogP contribution is -2.62. The first kappa shape index (κ1) is 38.7. The summed E-state index contributed by atoms with van der Waals surface area (Å²) in [5, 5.41) is 1.43. The SMILES string of the molecule is Cc1cc2c3c(c1)N(c1ccc4c(c1)C(C)(C)CCC4(C)C)c1sc4c(c1B3c1cc(C(C)(C)C)ccc1N2c1ccc(C(C)(C)C)cc1)C(C)(C)CCC4(C)C. The van der Waals surface area contributed by atoms with Crippen molar-refractivity contribution in [1.29, 1.82) is 0 Å². The highest BCUT2D eigenvalue weighted by Gasteiger charge is 2.51. The molecular formula is C53H65BN2S. The Labute approximate surface area is 349 Å². The topological polar surface area (TPSA) is 6.48 Å². The maximum atomic E-state index is 2.73. The van der Waals surface area contributed by atoms with Gasteiger partial charge in [-0.15, -0.1) is 11.3 Å². The van der Waals surface area contributed by atoms with Crippen LogP contribution in [-0.4, -0.2) is 6.71 Å². The lowest BCUT2D eigenvalue weighted by Gasteiger charge is -2.46. The van der Waals surface area contributed by atoms with E-state index in [-0.39, 0.29) is 39.2 Å². The largest absolute Gasteiger partial charge is 0.311 e. The fourth-order valence-corrected chi connectivity index (χ4v) is 12.5. The maximum Gasteiger partial charge on any atom is 0.253 e. The van der Waals surface area contributed by atoms with Gasteiger partial charge in [-0.3, -0.25) is 0 Å². The molecule has 0 saturated carbocycles. The van der Waals surface area contributed by atoms with Gasteiger partial charge in [0.1, 0.15) is 0 Å². The third kappa shape index (κ3) is 5.84. The molecule has 0 radical (unpaired) electrons. The molecule has 9 rings (SSSR count). The first-order valence-corrected chi connectivity index (χ1v) is 22.5. The Kier molecular flexibility index (Phi) is 8.26. The molecular weight excluding hydrogens is 707 g/mol. The van der Waals surface area contributed by atoms with E-state index in [0.717, 1.165) is 0 Å². The first-order valence-electron chi connectivity index (χ1n) is 21.7. The number of benzene rings is 4. The van der Waals surface area contributed by atoms with Crippen LogP contribution in [0.1, 0.15) is 161 Å². The number of fused-ring (bicyclic) bond motifs is 7. The van der Waals surface area contributed by atoms with Gasteiger partial charge in [0.25, 0.3) is 6.71 Å². The molecule has 4 heteroatoms. The molecule has 0 spiro atoms. The maximum absolute atomic E-state index is 2.73. The van der Waals surface area contributed by atoms with Gasteiger partial charge in [0.2, 0.25) is 0 Å². The number of hydrogen-bond donors (Lipinski definition) is 0. The zero-order valence-corrected chi connectivity index (χ0v) is 38.5. The Hall–Kier alpha value is -3.76. The van der Waals surface area contributed by atoms with Crippen LogP contribution in [0.5, 0.6) is 0 Å². The molecule has 4 aromatic carbocycles. The minimum atomic E-state index is 0.0210. The summed E-state index contributed by atoms with van der Waals surface area (Å²) in [7, 11) is 0. The molecule has 0 amide bonds. The van der Waals surface area contributed by atoms with Gasteiger partial charge in [0.05, 0.1) is 5.00 Å². The standard InChI is InChI=1S/C53H65BN2S/c1-32-28-41-44-42(29-32)56(36-21-22-37-38(31-36)51(10,11)25-24-50(37,8)9)47-45(43-46(57-47)53(14,15)27-26-52(43,12)13)54(44)39-30-34(49(5,6)7)18-23-40(39)55(41)35-19-16-33(17-20-35)48(2,3)4/h16-23,28-31H,24-27H2,1-15H3.